The van der Waals surface area contributed by atoms with E-state index in [-0.39, 0.29) is 18.7 Å². The molecule has 1 aliphatic rings. The fourth-order valence-corrected chi connectivity index (χ4v) is 2.70. The second kappa shape index (κ2) is 6.72. The lowest BCUT2D eigenvalue weighted by Crippen LogP contribution is -2.50. The number of hydrogen-bond donors (Lipinski definition) is 2. The van der Waals surface area contributed by atoms with Crippen molar-refractivity contribution in [3.8, 4) is 0 Å². The van der Waals surface area contributed by atoms with Crippen molar-refractivity contribution >= 4 is 22.6 Å². The van der Waals surface area contributed by atoms with Crippen LogP contribution in [-0.4, -0.2) is 53.4 Å². The monoisotopic (exact) mass is 301 g/mol. The van der Waals surface area contributed by atoms with E-state index in [4.69, 9.17) is 9.84 Å². The lowest BCUT2D eigenvalue weighted by Gasteiger charge is -2.35. The number of urea groups is 1. The molecule has 6 heteroatoms. The van der Waals surface area contributed by atoms with Crippen molar-refractivity contribution in [2.75, 3.05) is 31.7 Å². The number of morpholine rings is 1. The van der Waals surface area contributed by atoms with Crippen LogP contribution in [0.4, 0.5) is 10.5 Å². The first-order chi connectivity index (χ1) is 10.8. The Morgan fingerprint density at radius 2 is 2.27 bits per heavy atom. The fraction of sp³-hybridized carbons (Fsp3) is 0.375. The SMILES string of the molecule is O=C(Nc1cccc2cccnc12)N1CCOC[C@@H]1CCO. The van der Waals surface area contributed by atoms with Gasteiger partial charge in [0.1, 0.15) is 0 Å². The number of carbonyl (C=O) groups is 1. The van der Waals surface area contributed by atoms with E-state index in [9.17, 15) is 4.79 Å². The Morgan fingerprint density at radius 3 is 3.14 bits per heavy atom. The zero-order valence-electron chi connectivity index (χ0n) is 12.2. The van der Waals surface area contributed by atoms with Gasteiger partial charge in [0.05, 0.1) is 30.5 Å². The molecule has 6 nitrogen and oxygen atoms in total. The Kier molecular flexibility index (Phi) is 4.50. The van der Waals surface area contributed by atoms with Crippen LogP contribution in [0.5, 0.6) is 0 Å². The summed E-state index contributed by atoms with van der Waals surface area (Å²) in [6, 6.07) is 9.25. The van der Waals surface area contributed by atoms with Gasteiger partial charge in [0.15, 0.2) is 0 Å². The van der Waals surface area contributed by atoms with Crippen molar-refractivity contribution < 1.29 is 14.6 Å². The van der Waals surface area contributed by atoms with Crippen LogP contribution in [0.15, 0.2) is 36.5 Å². The number of para-hydroxylation sites is 1. The highest BCUT2D eigenvalue weighted by Gasteiger charge is 2.27. The molecule has 1 aliphatic heterocycles. The van der Waals surface area contributed by atoms with E-state index in [0.717, 1.165) is 10.9 Å². The highest BCUT2D eigenvalue weighted by Crippen LogP contribution is 2.22. The number of hydrogen-bond acceptors (Lipinski definition) is 4. The van der Waals surface area contributed by atoms with Gasteiger partial charge in [-0.1, -0.05) is 18.2 Å². The summed E-state index contributed by atoms with van der Waals surface area (Å²) in [6.07, 6.45) is 2.22. The number of anilines is 1. The first-order valence-electron chi connectivity index (χ1n) is 7.39. The first-order valence-corrected chi connectivity index (χ1v) is 7.39. The number of nitrogens with one attached hydrogen (secondary N) is 1. The zero-order valence-corrected chi connectivity index (χ0v) is 12.2. The summed E-state index contributed by atoms with van der Waals surface area (Å²) in [6.45, 7) is 1.53. The minimum absolute atomic E-state index is 0.0353. The predicted molar refractivity (Wildman–Crippen MR) is 83.8 cm³/mol. The molecule has 22 heavy (non-hydrogen) atoms. The number of benzene rings is 1. The Bertz CT molecular complexity index is 655. The summed E-state index contributed by atoms with van der Waals surface area (Å²) < 4.78 is 5.39. The standard InChI is InChI=1S/C16H19N3O3/c20-9-6-13-11-22-10-8-19(13)16(21)18-14-5-1-3-12-4-2-7-17-15(12)14/h1-5,7,13,20H,6,8-11H2,(H,18,21)/t13-/m0/s1. The van der Waals surface area contributed by atoms with Crippen LogP contribution >= 0.6 is 0 Å². The van der Waals surface area contributed by atoms with Crippen LogP contribution in [0.3, 0.4) is 0 Å². The number of carbonyl (C=O) groups excluding carboxylic acids is 1. The van der Waals surface area contributed by atoms with Crippen LogP contribution < -0.4 is 5.32 Å². The smallest absolute Gasteiger partial charge is 0.322 e. The van der Waals surface area contributed by atoms with E-state index in [1.807, 2.05) is 30.3 Å². The Morgan fingerprint density at radius 1 is 1.41 bits per heavy atom. The maximum Gasteiger partial charge on any atom is 0.322 e. The maximum absolute atomic E-state index is 12.5. The fourth-order valence-electron chi connectivity index (χ4n) is 2.70. The molecule has 0 bridgehead atoms. The molecule has 1 aromatic carbocycles. The van der Waals surface area contributed by atoms with Crippen molar-refractivity contribution in [2.45, 2.75) is 12.5 Å². The quantitative estimate of drug-likeness (QED) is 0.907. The van der Waals surface area contributed by atoms with Gasteiger partial charge in [0.2, 0.25) is 0 Å². The molecule has 1 aromatic heterocycles. The van der Waals surface area contributed by atoms with Crippen molar-refractivity contribution in [3.05, 3.63) is 36.5 Å². The molecule has 3 rings (SSSR count). The molecule has 1 fully saturated rings. The Hall–Kier alpha value is -2.18. The molecule has 1 atom stereocenters. The summed E-state index contributed by atoms with van der Waals surface area (Å²) in [4.78, 5) is 18.6. The van der Waals surface area contributed by atoms with Crippen molar-refractivity contribution in [1.82, 2.24) is 9.88 Å². The molecule has 116 valence electrons. The van der Waals surface area contributed by atoms with E-state index in [0.29, 0.717) is 31.9 Å². The molecular weight excluding hydrogens is 282 g/mol. The van der Waals surface area contributed by atoms with Gasteiger partial charge in [0.25, 0.3) is 0 Å². The second-order valence-corrected chi connectivity index (χ2v) is 5.25. The number of ether oxygens (including phenoxy) is 1. The second-order valence-electron chi connectivity index (χ2n) is 5.25. The lowest BCUT2D eigenvalue weighted by atomic mass is 10.1. The van der Waals surface area contributed by atoms with Gasteiger partial charge >= 0.3 is 6.03 Å². The van der Waals surface area contributed by atoms with E-state index in [2.05, 4.69) is 10.3 Å². The minimum Gasteiger partial charge on any atom is -0.396 e. The molecule has 2 amide bonds. The van der Waals surface area contributed by atoms with Crippen molar-refractivity contribution in [1.29, 1.82) is 0 Å². The summed E-state index contributed by atoms with van der Waals surface area (Å²) in [5.74, 6) is 0. The van der Waals surface area contributed by atoms with Gasteiger partial charge in [0, 0.05) is 24.7 Å². The van der Waals surface area contributed by atoms with Crippen LogP contribution in [-0.2, 0) is 4.74 Å². The average molecular weight is 301 g/mol. The predicted octanol–water partition coefficient (Wildman–Crippen LogP) is 1.85. The van der Waals surface area contributed by atoms with E-state index in [1.165, 1.54) is 0 Å². The zero-order chi connectivity index (χ0) is 15.4. The highest BCUT2D eigenvalue weighted by atomic mass is 16.5. The van der Waals surface area contributed by atoms with Gasteiger partial charge in [-0.05, 0) is 18.6 Å². The first kappa shape index (κ1) is 14.7. The minimum atomic E-state index is -0.181. The highest BCUT2D eigenvalue weighted by molar-refractivity contribution is 5.99. The third-order valence-electron chi connectivity index (χ3n) is 3.83. The molecule has 0 unspecified atom stereocenters. The molecule has 0 aliphatic carbocycles. The van der Waals surface area contributed by atoms with Gasteiger partial charge < -0.3 is 20.1 Å². The van der Waals surface area contributed by atoms with Crippen LogP contribution in [0.1, 0.15) is 6.42 Å². The molecule has 2 aromatic rings. The number of rotatable bonds is 3. The number of aliphatic hydroxyl groups is 1. The maximum atomic E-state index is 12.5. The molecular formula is C16H19N3O3. The summed E-state index contributed by atoms with van der Waals surface area (Å²) in [5, 5.41) is 13.0. The number of aliphatic hydroxyl groups excluding tert-OH is 1. The number of fused-ring (bicyclic) bond motifs is 1. The summed E-state index contributed by atoms with van der Waals surface area (Å²) in [5.41, 5.74) is 1.46. The lowest BCUT2D eigenvalue weighted by molar-refractivity contribution is 0.00729. The Labute approximate surface area is 128 Å². The molecule has 2 heterocycles. The molecule has 2 N–H and O–H groups in total. The molecule has 1 saturated heterocycles. The van der Waals surface area contributed by atoms with Gasteiger partial charge in [-0.2, -0.15) is 0 Å². The molecule has 0 saturated carbocycles. The van der Waals surface area contributed by atoms with Gasteiger partial charge in [-0.15, -0.1) is 0 Å². The largest absolute Gasteiger partial charge is 0.396 e. The molecule has 0 spiro atoms. The Balaban J connectivity index is 1.80. The number of pyridine rings is 1. The normalized spacial score (nSPS) is 18.4. The summed E-state index contributed by atoms with van der Waals surface area (Å²) in [7, 11) is 0. The van der Waals surface area contributed by atoms with Crippen LogP contribution in [0.2, 0.25) is 0 Å². The van der Waals surface area contributed by atoms with E-state index >= 15 is 0 Å². The average Bonchev–Trinajstić information content (AvgIpc) is 2.56. The third kappa shape index (κ3) is 3.03. The third-order valence-corrected chi connectivity index (χ3v) is 3.83. The van der Waals surface area contributed by atoms with E-state index < -0.39 is 0 Å². The number of nitrogens with zero attached hydrogens (tertiary/aromatic N) is 2. The van der Waals surface area contributed by atoms with Crippen LogP contribution in [0, 0.1) is 0 Å². The number of amides is 2. The van der Waals surface area contributed by atoms with Crippen molar-refractivity contribution in [3.63, 3.8) is 0 Å². The van der Waals surface area contributed by atoms with E-state index in [1.54, 1.807) is 11.1 Å². The van der Waals surface area contributed by atoms with Crippen molar-refractivity contribution in [2.24, 2.45) is 0 Å². The van der Waals surface area contributed by atoms with Gasteiger partial charge in [-0.3, -0.25) is 4.98 Å². The molecule has 0 radical (unpaired) electrons. The van der Waals surface area contributed by atoms with Gasteiger partial charge in [-0.25, -0.2) is 4.79 Å². The number of aromatic nitrogens is 1. The van der Waals surface area contributed by atoms with Crippen LogP contribution in [0.25, 0.3) is 10.9 Å². The summed E-state index contributed by atoms with van der Waals surface area (Å²) >= 11 is 0. The topological polar surface area (TPSA) is 74.7 Å².